The molecule has 0 spiro atoms. The first-order valence-corrected chi connectivity index (χ1v) is 4.79. The molecular weight excluding hydrogens is 168 g/mol. The van der Waals surface area contributed by atoms with Gasteiger partial charge in [-0.25, -0.2) is 0 Å². The van der Waals surface area contributed by atoms with Gasteiger partial charge in [0.1, 0.15) is 0 Å². The first kappa shape index (κ1) is 10.5. The van der Waals surface area contributed by atoms with Crippen LogP contribution in [0, 0.1) is 5.92 Å². The lowest BCUT2D eigenvalue weighted by atomic mass is 10.0. The van der Waals surface area contributed by atoms with Crippen LogP contribution in [0.4, 0.5) is 0 Å². The summed E-state index contributed by atoms with van der Waals surface area (Å²) < 4.78 is 0. The number of carbonyl (C=O) groups excluding carboxylic acids is 1. The molecule has 3 atom stereocenters. The zero-order valence-corrected chi connectivity index (χ0v) is 8.21. The van der Waals surface area contributed by atoms with Gasteiger partial charge in [-0.05, 0) is 26.8 Å². The van der Waals surface area contributed by atoms with Crippen molar-refractivity contribution in [2.75, 3.05) is 13.2 Å². The second-order valence-corrected chi connectivity index (χ2v) is 3.73. The number of rotatable bonds is 3. The highest BCUT2D eigenvalue weighted by Crippen LogP contribution is 2.14. The summed E-state index contributed by atoms with van der Waals surface area (Å²) in [6.07, 6.45) is 0.894. The maximum absolute atomic E-state index is 11.6. The molecule has 4 heteroatoms. The Labute approximate surface area is 78.7 Å². The molecule has 3 N–H and O–H groups in total. The molecule has 1 aliphatic heterocycles. The fourth-order valence-corrected chi connectivity index (χ4v) is 1.61. The molecule has 76 valence electrons. The van der Waals surface area contributed by atoms with E-state index < -0.39 is 0 Å². The van der Waals surface area contributed by atoms with Crippen molar-refractivity contribution < 1.29 is 9.90 Å². The Morgan fingerprint density at radius 3 is 2.92 bits per heavy atom. The van der Waals surface area contributed by atoms with Crippen molar-refractivity contribution >= 4 is 5.91 Å². The molecule has 1 saturated heterocycles. The zero-order valence-electron chi connectivity index (χ0n) is 8.21. The van der Waals surface area contributed by atoms with Gasteiger partial charge in [0.2, 0.25) is 5.91 Å². The minimum atomic E-state index is -0.139. The highest BCUT2D eigenvalue weighted by molar-refractivity contribution is 5.80. The van der Waals surface area contributed by atoms with Crippen LogP contribution < -0.4 is 10.6 Å². The fourth-order valence-electron chi connectivity index (χ4n) is 1.61. The molecule has 1 heterocycles. The zero-order chi connectivity index (χ0) is 9.84. The van der Waals surface area contributed by atoms with E-state index in [0.717, 1.165) is 13.0 Å². The predicted octanol–water partition coefficient (Wildman–Crippen LogP) is -0.519. The number of aliphatic hydroxyl groups is 1. The third kappa shape index (κ3) is 2.67. The van der Waals surface area contributed by atoms with Gasteiger partial charge in [0.25, 0.3) is 0 Å². The van der Waals surface area contributed by atoms with Crippen LogP contribution in [0.3, 0.4) is 0 Å². The van der Waals surface area contributed by atoms with Gasteiger partial charge in [-0.15, -0.1) is 0 Å². The highest BCUT2D eigenvalue weighted by Gasteiger charge is 2.29. The standard InChI is InChI=1S/C9H18N2O2/c1-6(5-12)11-9(13)8-3-4-10-7(8)2/h6-8,10,12H,3-5H2,1-2H3,(H,11,13)/t6-,7?,8?/m1/s1. The van der Waals surface area contributed by atoms with Crippen LogP contribution >= 0.6 is 0 Å². The highest BCUT2D eigenvalue weighted by atomic mass is 16.3. The van der Waals surface area contributed by atoms with Crippen LogP contribution in [0.2, 0.25) is 0 Å². The second kappa shape index (κ2) is 4.58. The van der Waals surface area contributed by atoms with E-state index in [1.165, 1.54) is 0 Å². The van der Waals surface area contributed by atoms with Crippen LogP contribution in [0.25, 0.3) is 0 Å². The Balaban J connectivity index is 2.38. The summed E-state index contributed by atoms with van der Waals surface area (Å²) in [5.41, 5.74) is 0. The number of amides is 1. The summed E-state index contributed by atoms with van der Waals surface area (Å²) in [4.78, 5) is 11.6. The predicted molar refractivity (Wildman–Crippen MR) is 50.3 cm³/mol. The van der Waals surface area contributed by atoms with Gasteiger partial charge < -0.3 is 15.7 Å². The number of aliphatic hydroxyl groups excluding tert-OH is 1. The first-order chi connectivity index (χ1) is 6.15. The maximum Gasteiger partial charge on any atom is 0.225 e. The molecule has 1 aliphatic rings. The summed E-state index contributed by atoms with van der Waals surface area (Å²) in [6.45, 7) is 4.72. The molecule has 0 aromatic carbocycles. The van der Waals surface area contributed by atoms with E-state index in [2.05, 4.69) is 10.6 Å². The minimum absolute atomic E-state index is 0.000267. The normalized spacial score (nSPS) is 30.1. The van der Waals surface area contributed by atoms with E-state index >= 15 is 0 Å². The molecule has 13 heavy (non-hydrogen) atoms. The van der Waals surface area contributed by atoms with Crippen molar-refractivity contribution in [3.63, 3.8) is 0 Å². The second-order valence-electron chi connectivity index (χ2n) is 3.73. The Hall–Kier alpha value is -0.610. The topological polar surface area (TPSA) is 61.4 Å². The number of hydrogen-bond acceptors (Lipinski definition) is 3. The monoisotopic (exact) mass is 186 g/mol. The average Bonchev–Trinajstić information content (AvgIpc) is 2.51. The van der Waals surface area contributed by atoms with Crippen molar-refractivity contribution in [2.24, 2.45) is 5.92 Å². The van der Waals surface area contributed by atoms with E-state index in [0.29, 0.717) is 0 Å². The molecule has 0 aromatic heterocycles. The third-order valence-corrected chi connectivity index (χ3v) is 2.52. The largest absolute Gasteiger partial charge is 0.394 e. The third-order valence-electron chi connectivity index (χ3n) is 2.52. The van der Waals surface area contributed by atoms with E-state index in [1.807, 2.05) is 6.92 Å². The van der Waals surface area contributed by atoms with Gasteiger partial charge in [0, 0.05) is 12.1 Å². The maximum atomic E-state index is 11.6. The van der Waals surface area contributed by atoms with E-state index in [-0.39, 0.29) is 30.5 Å². The smallest absolute Gasteiger partial charge is 0.225 e. The van der Waals surface area contributed by atoms with Gasteiger partial charge in [0.15, 0.2) is 0 Å². The lowest BCUT2D eigenvalue weighted by molar-refractivity contribution is -0.126. The van der Waals surface area contributed by atoms with Crippen LogP contribution in [-0.2, 0) is 4.79 Å². The van der Waals surface area contributed by atoms with Gasteiger partial charge in [-0.1, -0.05) is 0 Å². The van der Waals surface area contributed by atoms with Crippen molar-refractivity contribution in [1.82, 2.24) is 10.6 Å². The summed E-state index contributed by atoms with van der Waals surface area (Å²) >= 11 is 0. The lowest BCUT2D eigenvalue weighted by Gasteiger charge is -2.17. The van der Waals surface area contributed by atoms with Crippen molar-refractivity contribution in [3.05, 3.63) is 0 Å². The lowest BCUT2D eigenvalue weighted by Crippen LogP contribution is -2.42. The first-order valence-electron chi connectivity index (χ1n) is 4.79. The Kier molecular flexibility index (Phi) is 3.69. The van der Waals surface area contributed by atoms with Crippen molar-refractivity contribution in [2.45, 2.75) is 32.4 Å². The van der Waals surface area contributed by atoms with E-state index in [9.17, 15) is 4.79 Å². The minimum Gasteiger partial charge on any atom is -0.394 e. The molecule has 0 radical (unpaired) electrons. The molecule has 0 bridgehead atoms. The summed E-state index contributed by atoms with van der Waals surface area (Å²) in [6, 6.07) is 0.117. The number of carbonyl (C=O) groups is 1. The fraction of sp³-hybridized carbons (Fsp3) is 0.889. The van der Waals surface area contributed by atoms with Crippen LogP contribution in [0.1, 0.15) is 20.3 Å². The van der Waals surface area contributed by atoms with E-state index in [1.54, 1.807) is 6.92 Å². The summed E-state index contributed by atoms with van der Waals surface area (Å²) in [7, 11) is 0. The van der Waals surface area contributed by atoms with Gasteiger partial charge in [0.05, 0.1) is 12.5 Å². The van der Waals surface area contributed by atoms with Gasteiger partial charge in [-0.3, -0.25) is 4.79 Å². The van der Waals surface area contributed by atoms with Crippen molar-refractivity contribution in [3.8, 4) is 0 Å². The van der Waals surface area contributed by atoms with Crippen LogP contribution in [0.5, 0.6) is 0 Å². The summed E-state index contributed by atoms with van der Waals surface area (Å²) in [5.74, 6) is 0.119. The van der Waals surface area contributed by atoms with Gasteiger partial charge in [-0.2, -0.15) is 0 Å². The molecule has 0 aliphatic carbocycles. The number of hydrogen-bond donors (Lipinski definition) is 3. The van der Waals surface area contributed by atoms with Gasteiger partial charge >= 0.3 is 0 Å². The SMILES string of the molecule is CC1NCCC1C(=O)N[C@H](C)CO. The molecule has 1 amide bonds. The molecule has 0 aromatic rings. The molecule has 4 nitrogen and oxygen atoms in total. The average molecular weight is 186 g/mol. The molecular formula is C9H18N2O2. The van der Waals surface area contributed by atoms with E-state index in [4.69, 9.17) is 5.11 Å². The van der Waals surface area contributed by atoms with Crippen LogP contribution in [-0.4, -0.2) is 36.2 Å². The quantitative estimate of drug-likeness (QED) is 0.556. The number of nitrogens with one attached hydrogen (secondary N) is 2. The summed E-state index contributed by atoms with van der Waals surface area (Å²) in [5, 5.41) is 14.8. The van der Waals surface area contributed by atoms with Crippen molar-refractivity contribution in [1.29, 1.82) is 0 Å². The molecule has 2 unspecified atom stereocenters. The molecule has 1 fully saturated rings. The van der Waals surface area contributed by atoms with Crippen LogP contribution in [0.15, 0.2) is 0 Å². The Morgan fingerprint density at radius 2 is 2.46 bits per heavy atom. The molecule has 1 rings (SSSR count). The molecule has 0 saturated carbocycles. The Morgan fingerprint density at radius 1 is 1.77 bits per heavy atom. The Bertz CT molecular complexity index is 184.